The van der Waals surface area contributed by atoms with Crippen molar-refractivity contribution in [1.29, 1.82) is 0 Å². The first-order valence-electron chi connectivity index (χ1n) is 24.7. The maximum Gasteiger partial charge on any atom is 0.335 e. The molecule has 0 aromatic heterocycles. The molecule has 0 spiro atoms. The van der Waals surface area contributed by atoms with Crippen molar-refractivity contribution >= 4 is 11.9 Å². The number of allylic oxidation sites excluding steroid dienone is 2. The molecular formula is C49H78O19. The Morgan fingerprint density at radius 1 is 0.676 bits per heavy atom. The third kappa shape index (κ3) is 8.22. The number of aliphatic hydroxyl groups is 9. The highest BCUT2D eigenvalue weighted by Gasteiger charge is 2.70. The molecule has 8 aliphatic rings. The monoisotopic (exact) mass is 971 g/mol. The van der Waals surface area contributed by atoms with Crippen molar-refractivity contribution in [2.75, 3.05) is 19.8 Å². The van der Waals surface area contributed by atoms with Crippen LogP contribution < -0.4 is 0 Å². The van der Waals surface area contributed by atoms with Gasteiger partial charge < -0.3 is 84.2 Å². The third-order valence-electron chi connectivity index (χ3n) is 19.4. The fourth-order valence-corrected chi connectivity index (χ4v) is 15.3. The summed E-state index contributed by atoms with van der Waals surface area (Å²) in [7, 11) is 0. The molecule has 4 saturated carbocycles. The summed E-state index contributed by atoms with van der Waals surface area (Å²) in [6.45, 7) is 15.4. The molecule has 3 aliphatic heterocycles. The molecule has 3 saturated heterocycles. The molecule has 19 heteroatoms. The van der Waals surface area contributed by atoms with E-state index < -0.39 is 134 Å². The van der Waals surface area contributed by atoms with E-state index in [1.54, 1.807) is 0 Å². The Hall–Kier alpha value is -1.92. The Bertz CT molecular complexity index is 1890. The van der Waals surface area contributed by atoms with Gasteiger partial charge in [-0.1, -0.05) is 60.1 Å². The minimum absolute atomic E-state index is 0.0489. The fraction of sp³-hybridized carbons (Fsp3) is 0.918. The topological polar surface area (TPSA) is 301 Å². The number of carbonyl (C=O) groups excluding carboxylic acids is 1. The van der Waals surface area contributed by atoms with Crippen LogP contribution in [0.4, 0.5) is 0 Å². The second-order valence-electron chi connectivity index (χ2n) is 23.8. The zero-order valence-electron chi connectivity index (χ0n) is 40.7. The van der Waals surface area contributed by atoms with Gasteiger partial charge in [0.05, 0.1) is 32.0 Å². The molecule has 8 rings (SSSR count). The van der Waals surface area contributed by atoms with Crippen molar-refractivity contribution in [2.45, 2.75) is 211 Å². The second-order valence-corrected chi connectivity index (χ2v) is 23.8. The van der Waals surface area contributed by atoms with Crippen LogP contribution in [0.1, 0.15) is 113 Å². The van der Waals surface area contributed by atoms with Crippen LogP contribution in [0.15, 0.2) is 11.6 Å². The Labute approximate surface area is 398 Å². The Balaban J connectivity index is 1.12. The summed E-state index contributed by atoms with van der Waals surface area (Å²) in [5, 5.41) is 107. The van der Waals surface area contributed by atoms with Gasteiger partial charge in [0, 0.05) is 12.3 Å². The van der Waals surface area contributed by atoms with Gasteiger partial charge in [0.15, 0.2) is 37.2 Å². The molecule has 0 unspecified atom stereocenters. The van der Waals surface area contributed by atoms with E-state index in [1.807, 2.05) is 0 Å². The summed E-state index contributed by atoms with van der Waals surface area (Å²) < 4.78 is 42.5. The summed E-state index contributed by atoms with van der Waals surface area (Å²) >= 11 is 0. The first-order valence-corrected chi connectivity index (χ1v) is 24.7. The van der Waals surface area contributed by atoms with E-state index >= 15 is 0 Å². The number of aliphatic carboxylic acids is 1. The van der Waals surface area contributed by atoms with E-state index in [0.717, 1.165) is 45.4 Å². The van der Waals surface area contributed by atoms with Gasteiger partial charge in [-0.05, 0) is 103 Å². The van der Waals surface area contributed by atoms with Gasteiger partial charge in [-0.2, -0.15) is 0 Å². The number of hydrogen-bond donors (Lipinski definition) is 10. The number of carboxylic acid groups (broad SMARTS) is 1. The van der Waals surface area contributed by atoms with E-state index in [2.05, 4.69) is 54.5 Å². The van der Waals surface area contributed by atoms with E-state index in [-0.39, 0.29) is 46.0 Å². The van der Waals surface area contributed by atoms with Crippen molar-refractivity contribution in [2.24, 2.45) is 50.2 Å². The number of aliphatic hydroxyl groups excluding tert-OH is 9. The van der Waals surface area contributed by atoms with Crippen LogP contribution in [-0.2, 0) is 42.7 Å². The van der Waals surface area contributed by atoms with E-state index in [4.69, 9.17) is 33.2 Å². The fourth-order valence-electron chi connectivity index (χ4n) is 15.3. The first kappa shape index (κ1) is 52.4. The number of rotatable bonds is 11. The third-order valence-corrected chi connectivity index (χ3v) is 19.4. The zero-order chi connectivity index (χ0) is 49.8. The van der Waals surface area contributed by atoms with Crippen LogP contribution in [0.5, 0.6) is 0 Å². The number of carbonyl (C=O) groups is 2. The van der Waals surface area contributed by atoms with Gasteiger partial charge in [0.25, 0.3) is 0 Å². The molecule has 0 radical (unpaired) electrons. The highest BCUT2D eigenvalue weighted by molar-refractivity contribution is 5.74. The summed E-state index contributed by atoms with van der Waals surface area (Å²) in [5.74, 6) is -2.20. The Morgan fingerprint density at radius 3 is 1.87 bits per heavy atom. The van der Waals surface area contributed by atoms with Crippen LogP contribution in [0.25, 0.3) is 0 Å². The van der Waals surface area contributed by atoms with Crippen LogP contribution in [0.3, 0.4) is 0 Å². The molecule has 0 aromatic rings. The molecule has 19 nitrogen and oxygen atoms in total. The minimum atomic E-state index is -2.00. The van der Waals surface area contributed by atoms with Crippen LogP contribution in [0, 0.1) is 50.2 Å². The largest absolute Gasteiger partial charge is 0.479 e. The number of ether oxygens (including phenoxy) is 7. The average Bonchev–Trinajstić information content (AvgIpc) is 3.54. The predicted molar refractivity (Wildman–Crippen MR) is 236 cm³/mol. The molecule has 0 bridgehead atoms. The lowest BCUT2D eigenvalue weighted by Gasteiger charge is -2.72. The van der Waals surface area contributed by atoms with Crippen molar-refractivity contribution in [3.05, 3.63) is 11.6 Å². The van der Waals surface area contributed by atoms with Crippen LogP contribution in [0.2, 0.25) is 0 Å². The van der Waals surface area contributed by atoms with Gasteiger partial charge in [-0.25, -0.2) is 4.79 Å². The molecule has 388 valence electrons. The molecule has 10 N–H and O–H groups in total. The molecular weight excluding hydrogens is 893 g/mol. The maximum absolute atomic E-state index is 13.2. The highest BCUT2D eigenvalue weighted by atomic mass is 16.8. The summed E-state index contributed by atoms with van der Waals surface area (Å²) in [6.07, 6.45) is -16.4. The minimum Gasteiger partial charge on any atom is -0.479 e. The van der Waals surface area contributed by atoms with Gasteiger partial charge >= 0.3 is 11.9 Å². The molecule has 0 amide bonds. The van der Waals surface area contributed by atoms with Crippen LogP contribution in [-0.4, -0.2) is 181 Å². The average molecular weight is 971 g/mol. The van der Waals surface area contributed by atoms with Crippen molar-refractivity contribution in [1.82, 2.24) is 0 Å². The normalized spacial score (nSPS) is 51.8. The molecule has 0 aromatic carbocycles. The van der Waals surface area contributed by atoms with Gasteiger partial charge in [-0.3, -0.25) is 4.79 Å². The molecule has 68 heavy (non-hydrogen) atoms. The highest BCUT2D eigenvalue weighted by Crippen LogP contribution is 2.76. The quantitative estimate of drug-likeness (QED) is 0.0781. The van der Waals surface area contributed by atoms with Gasteiger partial charge in [0.2, 0.25) is 0 Å². The Kier molecular flexibility index (Phi) is 14.3. The molecule has 5 aliphatic carbocycles. The van der Waals surface area contributed by atoms with Crippen molar-refractivity contribution in [3.63, 3.8) is 0 Å². The molecule has 3 heterocycles. The lowest BCUT2D eigenvalue weighted by molar-refractivity contribution is -0.383. The SMILES string of the molecule is CC(=O)O[C@@H]1[C@@H](O[C@@H]2O[C@H](CO)[C@H](O)[C@H](O)[C@H]2O)[C@H](O[C@H]2CC[C@]3(C)[C@H]4CC=C5[C@@H]6CC(C)(C)CC[C@]6(CO)[C@H](O)C[C@@]5(C)[C@]4(C)CC[C@H]3C2(C)C)O[C@H](C(=O)O)[C@H]1O[C@@H]1O[C@H](CO)[C@@H](O)[C@@H]1O. The number of hydrogen-bond acceptors (Lipinski definition) is 18. The van der Waals surface area contributed by atoms with Crippen molar-refractivity contribution in [3.8, 4) is 0 Å². The van der Waals surface area contributed by atoms with Gasteiger partial charge in [0.1, 0.15) is 48.8 Å². The number of esters is 1. The summed E-state index contributed by atoms with van der Waals surface area (Å²) in [5.41, 5.74) is -0.479. The van der Waals surface area contributed by atoms with Crippen LogP contribution >= 0.6 is 0 Å². The second kappa shape index (κ2) is 18.5. The number of fused-ring (bicyclic) bond motifs is 7. The number of carboxylic acids is 1. The Morgan fingerprint density at radius 2 is 1.28 bits per heavy atom. The standard InChI is InChI=1S/C49H78O19/c1-22(53)62-37-36(66-41-34(58)32(56)26(20-51)64-41)38(40(60)61)67-43(39(37)68-42-35(59)33(57)31(55)25(19-50)63-42)65-30-12-13-46(6)27(45(30,4)5)11-14-47(7)28(46)10-9-23-24-17-44(2,3)15-16-49(24,21-52)29(54)18-48(23,47)8/h9,24-39,41-43,50-52,54-59H,10-21H2,1-8H3,(H,60,61)/t24-,25+,26+,27-,28+,29+,30-,31-,32+,33-,34-,35+,36-,37-,38-,39+,41-,42-,43+,46-,47+,48+,49+/m0/s1. The van der Waals surface area contributed by atoms with E-state index in [1.165, 1.54) is 5.57 Å². The maximum atomic E-state index is 13.2. The smallest absolute Gasteiger partial charge is 0.335 e. The first-order chi connectivity index (χ1) is 31.7. The molecule has 23 atom stereocenters. The summed E-state index contributed by atoms with van der Waals surface area (Å²) in [6, 6.07) is 0. The summed E-state index contributed by atoms with van der Waals surface area (Å²) in [4.78, 5) is 26.1. The lowest BCUT2D eigenvalue weighted by Crippen LogP contribution is -2.68. The van der Waals surface area contributed by atoms with E-state index in [0.29, 0.717) is 19.3 Å². The van der Waals surface area contributed by atoms with Crippen molar-refractivity contribution < 1.29 is 93.8 Å². The molecule has 7 fully saturated rings. The van der Waals surface area contributed by atoms with Gasteiger partial charge in [-0.15, -0.1) is 0 Å². The van der Waals surface area contributed by atoms with E-state index in [9.17, 15) is 60.7 Å². The lowest BCUT2D eigenvalue weighted by atomic mass is 9.33. The zero-order valence-corrected chi connectivity index (χ0v) is 40.7. The predicted octanol–water partition coefficient (Wildman–Crippen LogP) is 0.887.